The number of fused-ring (bicyclic) bond motifs is 1. The number of amides is 1. The molecule has 0 bridgehead atoms. The minimum atomic E-state index is -4.66. The van der Waals surface area contributed by atoms with E-state index in [4.69, 9.17) is 0 Å². The summed E-state index contributed by atoms with van der Waals surface area (Å²) in [5, 5.41) is 15.1. The molecule has 3 rings (SSSR count). The molecular formula is C16H17F3N2O2. The van der Waals surface area contributed by atoms with Crippen LogP contribution in [0.4, 0.5) is 13.2 Å². The lowest BCUT2D eigenvalue weighted by Gasteiger charge is -2.35. The summed E-state index contributed by atoms with van der Waals surface area (Å²) in [5.41, 5.74) is -2.74. The van der Waals surface area contributed by atoms with E-state index in [1.807, 2.05) is 0 Å². The molecule has 0 aromatic heterocycles. The molecule has 1 saturated carbocycles. The third-order valence-corrected chi connectivity index (χ3v) is 4.50. The zero-order valence-electron chi connectivity index (χ0n) is 12.4. The van der Waals surface area contributed by atoms with E-state index in [0.29, 0.717) is 17.9 Å². The number of hydrazone groups is 1. The number of rotatable bonds is 1. The maximum Gasteiger partial charge on any atom is 0.431 e. The monoisotopic (exact) mass is 326 g/mol. The summed E-state index contributed by atoms with van der Waals surface area (Å²) in [4.78, 5) is 12.6. The quantitative estimate of drug-likeness (QED) is 0.860. The van der Waals surface area contributed by atoms with Gasteiger partial charge in [-0.2, -0.15) is 23.3 Å². The number of benzene rings is 1. The van der Waals surface area contributed by atoms with Gasteiger partial charge >= 0.3 is 6.18 Å². The van der Waals surface area contributed by atoms with Gasteiger partial charge in [0, 0.05) is 5.56 Å². The number of nitrogens with zero attached hydrogens (tertiary/aromatic N) is 2. The molecule has 0 saturated heterocycles. The molecule has 1 aromatic carbocycles. The average molecular weight is 326 g/mol. The van der Waals surface area contributed by atoms with Gasteiger partial charge in [0.05, 0.1) is 5.92 Å². The first kappa shape index (κ1) is 16.0. The van der Waals surface area contributed by atoms with Crippen molar-refractivity contribution in [1.29, 1.82) is 0 Å². The molecule has 23 heavy (non-hydrogen) atoms. The lowest BCUT2D eigenvalue weighted by atomic mass is 9.87. The summed E-state index contributed by atoms with van der Waals surface area (Å²) in [6.45, 7) is 0. The van der Waals surface area contributed by atoms with Crippen molar-refractivity contribution in [2.24, 2.45) is 11.0 Å². The number of hydrogen-bond donors (Lipinski definition) is 1. The lowest BCUT2D eigenvalue weighted by Crippen LogP contribution is -2.51. The molecule has 1 N–H and O–H groups in total. The second-order valence-corrected chi connectivity index (χ2v) is 6.00. The van der Waals surface area contributed by atoms with E-state index in [9.17, 15) is 23.1 Å². The van der Waals surface area contributed by atoms with Crippen molar-refractivity contribution in [3.63, 3.8) is 0 Å². The predicted octanol–water partition coefficient (Wildman–Crippen LogP) is 3.33. The molecule has 1 aliphatic carbocycles. The van der Waals surface area contributed by atoms with Crippen LogP contribution in [0.2, 0.25) is 0 Å². The molecule has 4 nitrogen and oxygen atoms in total. The minimum Gasteiger partial charge on any atom is -0.368 e. The molecule has 2 atom stereocenters. The van der Waals surface area contributed by atoms with E-state index in [1.165, 1.54) is 12.1 Å². The summed E-state index contributed by atoms with van der Waals surface area (Å²) in [6.07, 6.45) is -2.51. The molecule has 0 spiro atoms. The smallest absolute Gasteiger partial charge is 0.368 e. The van der Waals surface area contributed by atoms with Gasteiger partial charge in [-0.05, 0) is 31.4 Å². The van der Waals surface area contributed by atoms with Crippen LogP contribution in [0.15, 0.2) is 35.4 Å². The van der Waals surface area contributed by atoms with Gasteiger partial charge in [0.1, 0.15) is 5.71 Å². The Morgan fingerprint density at radius 3 is 2.57 bits per heavy atom. The van der Waals surface area contributed by atoms with Gasteiger partial charge in [-0.15, -0.1) is 0 Å². The first-order valence-electron chi connectivity index (χ1n) is 7.62. The first-order valence-corrected chi connectivity index (χ1v) is 7.62. The van der Waals surface area contributed by atoms with Crippen LogP contribution in [0.5, 0.6) is 0 Å². The van der Waals surface area contributed by atoms with Crippen molar-refractivity contribution in [3.8, 4) is 0 Å². The molecule has 7 heteroatoms. The molecule has 124 valence electrons. The fraction of sp³-hybridized carbons (Fsp3) is 0.500. The number of hydrogen-bond acceptors (Lipinski definition) is 3. The van der Waals surface area contributed by atoms with Gasteiger partial charge in [0.15, 0.2) is 5.72 Å². The van der Waals surface area contributed by atoms with Gasteiger partial charge < -0.3 is 5.11 Å². The van der Waals surface area contributed by atoms with Gasteiger partial charge in [-0.3, -0.25) is 4.79 Å². The predicted molar refractivity (Wildman–Crippen MR) is 77.6 cm³/mol. The maximum absolute atomic E-state index is 13.3. The SMILES string of the molecule is O=C(c1ccccc1)N1N=C(C(F)(F)F)[C@@H]2CCCCC[C@@]21O. The fourth-order valence-corrected chi connectivity index (χ4v) is 3.37. The Kier molecular flexibility index (Phi) is 3.91. The van der Waals surface area contributed by atoms with E-state index < -0.39 is 29.4 Å². The average Bonchev–Trinajstić information content (AvgIpc) is 2.67. The Bertz CT molecular complexity index is 630. The molecule has 0 unspecified atom stereocenters. The third-order valence-electron chi connectivity index (χ3n) is 4.50. The van der Waals surface area contributed by atoms with Gasteiger partial charge in [0.2, 0.25) is 0 Å². The molecule has 2 aliphatic rings. The van der Waals surface area contributed by atoms with Crippen molar-refractivity contribution in [3.05, 3.63) is 35.9 Å². The molecule has 0 radical (unpaired) electrons. The highest BCUT2D eigenvalue weighted by molar-refractivity contribution is 6.00. The Balaban J connectivity index is 2.03. The molecule has 1 heterocycles. The highest BCUT2D eigenvalue weighted by atomic mass is 19.4. The standard InChI is InChI=1S/C16H17F3N2O2/c17-16(18,19)13-12-9-5-2-6-10-15(12,23)21(20-13)14(22)11-7-3-1-4-8-11/h1,3-4,7-8,12,23H,2,5-6,9-10H2/t12-,15+/m0/s1. The van der Waals surface area contributed by atoms with Crippen molar-refractivity contribution in [2.75, 3.05) is 0 Å². The zero-order chi connectivity index (χ0) is 16.7. The summed E-state index contributed by atoms with van der Waals surface area (Å²) < 4.78 is 39.9. The van der Waals surface area contributed by atoms with E-state index in [-0.39, 0.29) is 18.4 Å². The lowest BCUT2D eigenvalue weighted by molar-refractivity contribution is -0.108. The van der Waals surface area contributed by atoms with Crippen LogP contribution in [-0.2, 0) is 0 Å². The Morgan fingerprint density at radius 1 is 1.22 bits per heavy atom. The summed E-state index contributed by atoms with van der Waals surface area (Å²) >= 11 is 0. The molecule has 1 amide bonds. The summed E-state index contributed by atoms with van der Waals surface area (Å²) in [5.74, 6) is -1.89. The van der Waals surface area contributed by atoms with Crippen molar-refractivity contribution >= 4 is 11.6 Å². The normalized spacial score (nSPS) is 28.1. The molecule has 1 aromatic rings. The number of halogens is 3. The first-order chi connectivity index (χ1) is 10.8. The van der Waals surface area contributed by atoms with Gasteiger partial charge in [-0.1, -0.05) is 31.0 Å². The Hall–Kier alpha value is -1.89. The van der Waals surface area contributed by atoms with Crippen molar-refractivity contribution in [1.82, 2.24) is 5.01 Å². The van der Waals surface area contributed by atoms with Crippen LogP contribution in [-0.4, -0.2) is 33.6 Å². The van der Waals surface area contributed by atoms with E-state index in [1.54, 1.807) is 18.2 Å². The second kappa shape index (κ2) is 5.63. The van der Waals surface area contributed by atoms with Gasteiger partial charge in [0.25, 0.3) is 5.91 Å². The number of alkyl halides is 3. The molecular weight excluding hydrogens is 309 g/mol. The van der Waals surface area contributed by atoms with Crippen LogP contribution in [0.3, 0.4) is 0 Å². The van der Waals surface area contributed by atoms with Crippen LogP contribution >= 0.6 is 0 Å². The van der Waals surface area contributed by atoms with Crippen LogP contribution in [0.25, 0.3) is 0 Å². The fourth-order valence-electron chi connectivity index (χ4n) is 3.37. The van der Waals surface area contributed by atoms with E-state index >= 15 is 0 Å². The largest absolute Gasteiger partial charge is 0.431 e. The summed E-state index contributed by atoms with van der Waals surface area (Å²) in [7, 11) is 0. The molecule has 1 fully saturated rings. The topological polar surface area (TPSA) is 52.9 Å². The third kappa shape index (κ3) is 2.73. The van der Waals surface area contributed by atoms with Crippen LogP contribution in [0.1, 0.15) is 42.5 Å². The minimum absolute atomic E-state index is 0.0965. The Morgan fingerprint density at radius 2 is 1.91 bits per heavy atom. The van der Waals surface area contributed by atoms with Crippen LogP contribution < -0.4 is 0 Å². The Labute approximate surface area is 131 Å². The van der Waals surface area contributed by atoms with E-state index in [0.717, 1.165) is 6.42 Å². The highest BCUT2D eigenvalue weighted by Gasteiger charge is 2.59. The summed E-state index contributed by atoms with van der Waals surface area (Å²) in [6, 6.07) is 7.93. The maximum atomic E-state index is 13.3. The highest BCUT2D eigenvalue weighted by Crippen LogP contribution is 2.45. The van der Waals surface area contributed by atoms with E-state index in [2.05, 4.69) is 5.10 Å². The van der Waals surface area contributed by atoms with Crippen molar-refractivity contribution in [2.45, 2.75) is 44.0 Å². The van der Waals surface area contributed by atoms with Gasteiger partial charge in [-0.25, -0.2) is 0 Å². The van der Waals surface area contributed by atoms with Crippen LogP contribution in [0, 0.1) is 5.92 Å². The number of aliphatic hydroxyl groups is 1. The molecule has 1 aliphatic heterocycles. The number of carbonyl (C=O) groups excluding carboxylic acids is 1. The number of carbonyl (C=O) groups is 1. The second-order valence-electron chi connectivity index (χ2n) is 6.00. The van der Waals surface area contributed by atoms with Crippen molar-refractivity contribution < 1.29 is 23.1 Å². The zero-order valence-corrected chi connectivity index (χ0v) is 12.4.